The Hall–Kier alpha value is -0.190. The van der Waals surface area contributed by atoms with Gasteiger partial charge < -0.3 is 19.4 Å². The minimum atomic E-state index is -0.293. The minimum absolute atomic E-state index is 0. The molecule has 0 saturated carbocycles. The highest BCUT2D eigenvalue weighted by atomic mass is 19.0. The lowest BCUT2D eigenvalue weighted by molar-refractivity contribution is -0.930. The third-order valence-electron chi connectivity index (χ3n) is 2.64. The van der Waals surface area contributed by atoms with E-state index in [2.05, 4.69) is 13.8 Å². The zero-order valence-electron chi connectivity index (χ0n) is 9.70. The van der Waals surface area contributed by atoms with Crippen LogP contribution < -0.4 is 4.70 Å². The number of rotatable bonds is 6. The van der Waals surface area contributed by atoms with E-state index in [-0.39, 0.29) is 16.9 Å². The summed E-state index contributed by atoms with van der Waals surface area (Å²) < 4.78 is 0.801. The third-order valence-corrected chi connectivity index (χ3v) is 2.64. The second-order valence-electron chi connectivity index (χ2n) is 4.04. The predicted molar refractivity (Wildman–Crippen MR) is 54.4 cm³/mol. The number of halogens is 1. The highest BCUT2D eigenvalue weighted by Gasteiger charge is 2.26. The molecule has 0 aliphatic heterocycles. The SMILES string of the molecule is CC[N+](CC)(CC(C)O)CC(C)O.[F-]. The standard InChI is InChI=1S/C10H24NO2.FH/c1-5-11(6-2,7-9(3)12)8-10(4)13;/h9-10,12-13H,5-8H2,1-4H3;1H/q+1;/p-1. The summed E-state index contributed by atoms with van der Waals surface area (Å²) >= 11 is 0. The van der Waals surface area contributed by atoms with Crippen LogP contribution in [0.2, 0.25) is 0 Å². The maximum absolute atomic E-state index is 9.37. The van der Waals surface area contributed by atoms with Gasteiger partial charge in [-0.1, -0.05) is 0 Å². The Balaban J connectivity index is 0. The van der Waals surface area contributed by atoms with E-state index in [0.717, 1.165) is 30.7 Å². The monoisotopic (exact) mass is 209 g/mol. The molecule has 4 heteroatoms. The summed E-state index contributed by atoms with van der Waals surface area (Å²) in [6, 6.07) is 0. The van der Waals surface area contributed by atoms with Crippen molar-refractivity contribution in [1.82, 2.24) is 0 Å². The van der Waals surface area contributed by atoms with Crippen LogP contribution in [0, 0.1) is 0 Å². The molecular weight excluding hydrogens is 185 g/mol. The van der Waals surface area contributed by atoms with Crippen molar-refractivity contribution in [2.45, 2.75) is 39.9 Å². The molecule has 0 fully saturated rings. The smallest absolute Gasteiger partial charge is 0.105 e. The second kappa shape index (κ2) is 7.15. The van der Waals surface area contributed by atoms with Gasteiger partial charge in [0.25, 0.3) is 0 Å². The molecular formula is C10H24FNO2. The molecule has 2 atom stereocenters. The van der Waals surface area contributed by atoms with Gasteiger partial charge in [0.1, 0.15) is 25.3 Å². The average molecular weight is 209 g/mol. The highest BCUT2D eigenvalue weighted by Crippen LogP contribution is 2.09. The fourth-order valence-corrected chi connectivity index (χ4v) is 1.94. The third kappa shape index (κ3) is 5.52. The highest BCUT2D eigenvalue weighted by molar-refractivity contribution is 4.51. The van der Waals surface area contributed by atoms with Gasteiger partial charge in [-0.2, -0.15) is 0 Å². The minimum Gasteiger partial charge on any atom is -1.00 e. The van der Waals surface area contributed by atoms with Crippen molar-refractivity contribution in [2.75, 3.05) is 26.2 Å². The largest absolute Gasteiger partial charge is 1.00 e. The van der Waals surface area contributed by atoms with E-state index < -0.39 is 0 Å². The molecule has 88 valence electrons. The molecule has 0 bridgehead atoms. The number of nitrogens with zero attached hydrogens (tertiary/aromatic N) is 1. The van der Waals surface area contributed by atoms with E-state index in [0.29, 0.717) is 0 Å². The maximum Gasteiger partial charge on any atom is 0.105 e. The Kier molecular flexibility index (Phi) is 8.30. The van der Waals surface area contributed by atoms with Crippen LogP contribution in [-0.4, -0.2) is 53.1 Å². The molecule has 14 heavy (non-hydrogen) atoms. The van der Waals surface area contributed by atoms with E-state index in [9.17, 15) is 10.2 Å². The van der Waals surface area contributed by atoms with E-state index in [1.165, 1.54) is 0 Å². The van der Waals surface area contributed by atoms with Crippen molar-refractivity contribution >= 4 is 0 Å². The Labute approximate surface area is 86.3 Å². The zero-order chi connectivity index (χ0) is 10.5. The summed E-state index contributed by atoms with van der Waals surface area (Å²) in [5.41, 5.74) is 0. The first-order valence-electron chi connectivity index (χ1n) is 5.17. The summed E-state index contributed by atoms with van der Waals surface area (Å²) in [6.45, 7) is 11.2. The van der Waals surface area contributed by atoms with E-state index >= 15 is 0 Å². The van der Waals surface area contributed by atoms with Crippen molar-refractivity contribution in [3.05, 3.63) is 0 Å². The van der Waals surface area contributed by atoms with Gasteiger partial charge in [-0.15, -0.1) is 0 Å². The molecule has 0 rings (SSSR count). The molecule has 0 aliphatic carbocycles. The maximum atomic E-state index is 9.37. The number of hydrogen-bond donors (Lipinski definition) is 2. The van der Waals surface area contributed by atoms with Gasteiger partial charge in [0.2, 0.25) is 0 Å². The molecule has 0 radical (unpaired) electrons. The molecule has 3 nitrogen and oxygen atoms in total. The molecule has 0 aliphatic rings. The van der Waals surface area contributed by atoms with Crippen molar-refractivity contribution in [1.29, 1.82) is 0 Å². The predicted octanol–water partition coefficient (Wildman–Crippen LogP) is -2.39. The Bertz CT molecular complexity index is 124. The van der Waals surface area contributed by atoms with Crippen LogP contribution in [0.1, 0.15) is 27.7 Å². The fourth-order valence-electron chi connectivity index (χ4n) is 1.94. The summed E-state index contributed by atoms with van der Waals surface area (Å²) in [6.07, 6.45) is -0.586. The number of quaternary nitrogens is 1. The Morgan fingerprint density at radius 1 is 0.929 bits per heavy atom. The molecule has 2 N–H and O–H groups in total. The molecule has 0 aromatic rings. The van der Waals surface area contributed by atoms with Crippen LogP contribution in [0.25, 0.3) is 0 Å². The lowest BCUT2D eigenvalue weighted by Gasteiger charge is -2.38. The first-order valence-corrected chi connectivity index (χ1v) is 5.17. The summed E-state index contributed by atoms with van der Waals surface area (Å²) in [4.78, 5) is 0. The van der Waals surface area contributed by atoms with Gasteiger partial charge in [0.05, 0.1) is 13.1 Å². The zero-order valence-corrected chi connectivity index (χ0v) is 9.70. The van der Waals surface area contributed by atoms with Gasteiger partial charge in [-0.25, -0.2) is 0 Å². The first-order chi connectivity index (χ1) is 5.95. The molecule has 0 amide bonds. The second-order valence-corrected chi connectivity index (χ2v) is 4.04. The molecule has 0 aromatic carbocycles. The van der Waals surface area contributed by atoms with Crippen molar-refractivity contribution < 1.29 is 19.4 Å². The summed E-state index contributed by atoms with van der Waals surface area (Å²) in [7, 11) is 0. The van der Waals surface area contributed by atoms with Gasteiger partial charge in [0.15, 0.2) is 0 Å². The number of aliphatic hydroxyl groups excluding tert-OH is 2. The van der Waals surface area contributed by atoms with Crippen molar-refractivity contribution in [3.63, 3.8) is 0 Å². The lowest BCUT2D eigenvalue weighted by atomic mass is 10.2. The molecule has 0 heterocycles. The van der Waals surface area contributed by atoms with E-state index in [1.807, 2.05) is 0 Å². The van der Waals surface area contributed by atoms with Gasteiger partial charge in [-0.3, -0.25) is 0 Å². The van der Waals surface area contributed by atoms with E-state index in [1.54, 1.807) is 13.8 Å². The number of likely N-dealkylation sites (N-methyl/N-ethyl adjacent to an activating group) is 1. The number of aliphatic hydroxyl groups is 2. The fraction of sp³-hybridized carbons (Fsp3) is 1.00. The van der Waals surface area contributed by atoms with Crippen LogP contribution in [0.5, 0.6) is 0 Å². The summed E-state index contributed by atoms with van der Waals surface area (Å²) in [5, 5.41) is 18.7. The van der Waals surface area contributed by atoms with Crippen molar-refractivity contribution in [2.24, 2.45) is 0 Å². The first kappa shape index (κ1) is 16.2. The molecule has 2 unspecified atom stereocenters. The molecule has 0 spiro atoms. The van der Waals surface area contributed by atoms with Gasteiger partial charge in [-0.05, 0) is 27.7 Å². The Morgan fingerprint density at radius 2 is 1.21 bits per heavy atom. The van der Waals surface area contributed by atoms with E-state index in [4.69, 9.17) is 0 Å². The number of hydrogen-bond acceptors (Lipinski definition) is 2. The van der Waals surface area contributed by atoms with Crippen LogP contribution in [-0.2, 0) is 0 Å². The summed E-state index contributed by atoms with van der Waals surface area (Å²) in [5.74, 6) is 0. The topological polar surface area (TPSA) is 40.5 Å². The average Bonchev–Trinajstić information content (AvgIpc) is 2.01. The molecule has 0 saturated heterocycles. The van der Waals surface area contributed by atoms with Gasteiger partial charge in [0, 0.05) is 0 Å². The molecule has 0 aromatic heterocycles. The van der Waals surface area contributed by atoms with Crippen LogP contribution in [0.3, 0.4) is 0 Å². The van der Waals surface area contributed by atoms with Crippen LogP contribution in [0.4, 0.5) is 0 Å². The van der Waals surface area contributed by atoms with Crippen LogP contribution >= 0.6 is 0 Å². The lowest BCUT2D eigenvalue weighted by Crippen LogP contribution is -3.00. The quantitative estimate of drug-likeness (QED) is 0.479. The van der Waals surface area contributed by atoms with Gasteiger partial charge >= 0.3 is 0 Å². The van der Waals surface area contributed by atoms with Crippen LogP contribution in [0.15, 0.2) is 0 Å². The van der Waals surface area contributed by atoms with Crippen molar-refractivity contribution in [3.8, 4) is 0 Å². The normalized spacial score (nSPS) is 15.9. The Morgan fingerprint density at radius 3 is 1.36 bits per heavy atom.